The quantitative estimate of drug-likeness (QED) is 0.312. The molecule has 1 unspecified atom stereocenters. The van der Waals surface area contributed by atoms with E-state index in [1.807, 2.05) is 37.3 Å². The zero-order valence-corrected chi connectivity index (χ0v) is 28.2. The first-order chi connectivity index (χ1) is 22.9. The molecule has 4 amide bonds. The molecule has 2 aromatic carbocycles. The third-order valence-corrected chi connectivity index (χ3v) is 11.6. The number of halogens is 2. The second-order valence-corrected chi connectivity index (χ2v) is 15.1. The smallest absolute Gasteiger partial charge is 0.341 e. The maximum Gasteiger partial charge on any atom is 0.589 e. The van der Waals surface area contributed by atoms with Gasteiger partial charge in [0.2, 0.25) is 17.7 Å². The first-order valence-corrected chi connectivity index (χ1v) is 18.3. The highest BCUT2D eigenvalue weighted by molar-refractivity contribution is 7.39. The maximum absolute atomic E-state index is 14.4. The summed E-state index contributed by atoms with van der Waals surface area (Å²) in [5.41, 5.74) is -3.59. The van der Waals surface area contributed by atoms with E-state index >= 15 is 0 Å². The summed E-state index contributed by atoms with van der Waals surface area (Å²) in [6.45, 7) is 3.55. The first-order valence-electron chi connectivity index (χ1n) is 16.3. The van der Waals surface area contributed by atoms with Gasteiger partial charge in [0.05, 0.1) is 10.4 Å². The van der Waals surface area contributed by atoms with Gasteiger partial charge in [0.25, 0.3) is 5.91 Å². The Kier molecular flexibility index (Phi) is 9.92. The SMILES string of the molecule is C[C@H](CC(=O)N1CC[C@H]2CC[C@@H](C(=O)N3CCCC3)N2C(=O)[C@@H](NC(=O)c2cc3cc(C(F)(F)[P+](=O)O)ccc3s2)C1)c1ccccc1. The topological polar surface area (TPSA) is 127 Å². The molecular weight excluding hydrogens is 661 g/mol. The van der Waals surface area contributed by atoms with Crippen LogP contribution >= 0.6 is 19.4 Å². The Morgan fingerprint density at radius 1 is 1.02 bits per heavy atom. The van der Waals surface area contributed by atoms with Crippen molar-refractivity contribution in [1.29, 1.82) is 0 Å². The highest BCUT2D eigenvalue weighted by Gasteiger charge is 2.53. The average molecular weight is 700 g/mol. The van der Waals surface area contributed by atoms with Gasteiger partial charge in [-0.05, 0) is 77.8 Å². The number of hydrogen-bond acceptors (Lipinski definition) is 6. The van der Waals surface area contributed by atoms with Gasteiger partial charge in [0.1, 0.15) is 12.1 Å². The molecule has 6 rings (SSSR count). The summed E-state index contributed by atoms with van der Waals surface area (Å²) in [5.74, 6) is -1.35. The van der Waals surface area contributed by atoms with Crippen molar-refractivity contribution in [2.75, 3.05) is 26.2 Å². The molecule has 3 aromatic rings. The Morgan fingerprint density at radius 3 is 2.46 bits per heavy atom. The van der Waals surface area contributed by atoms with E-state index in [-0.39, 0.29) is 47.0 Å². The van der Waals surface area contributed by atoms with Crippen molar-refractivity contribution in [3.8, 4) is 0 Å². The lowest BCUT2D eigenvalue weighted by Gasteiger charge is -2.39. The van der Waals surface area contributed by atoms with Crippen LogP contribution in [0.2, 0.25) is 0 Å². The van der Waals surface area contributed by atoms with Crippen LogP contribution in [-0.4, -0.2) is 87.5 Å². The van der Waals surface area contributed by atoms with Crippen molar-refractivity contribution in [3.05, 3.63) is 70.6 Å². The molecule has 48 heavy (non-hydrogen) atoms. The van der Waals surface area contributed by atoms with Gasteiger partial charge in [0.15, 0.2) is 0 Å². The minimum Gasteiger partial charge on any atom is -0.341 e. The van der Waals surface area contributed by atoms with E-state index < -0.39 is 43.2 Å². The summed E-state index contributed by atoms with van der Waals surface area (Å²) < 4.78 is 40.3. The van der Waals surface area contributed by atoms with Crippen LogP contribution < -0.4 is 5.32 Å². The summed E-state index contributed by atoms with van der Waals surface area (Å²) in [7, 11) is -3.81. The van der Waals surface area contributed by atoms with Gasteiger partial charge in [-0.1, -0.05) is 37.3 Å². The Bertz CT molecular complexity index is 1730. The number of benzene rings is 2. The summed E-state index contributed by atoms with van der Waals surface area (Å²) in [5, 5.41) is 3.10. The molecule has 2 N–H and O–H groups in total. The third kappa shape index (κ3) is 6.86. The van der Waals surface area contributed by atoms with Crippen LogP contribution in [0.25, 0.3) is 10.1 Å². The van der Waals surface area contributed by atoms with E-state index in [9.17, 15) is 32.5 Å². The normalized spacial score (nSPS) is 22.7. The lowest BCUT2D eigenvalue weighted by atomic mass is 9.96. The van der Waals surface area contributed by atoms with Crippen molar-refractivity contribution in [1.82, 2.24) is 20.0 Å². The van der Waals surface area contributed by atoms with Crippen molar-refractivity contribution in [2.24, 2.45) is 0 Å². The predicted octanol–water partition coefficient (Wildman–Crippen LogP) is 5.19. The predicted molar refractivity (Wildman–Crippen MR) is 177 cm³/mol. The number of fused-ring (bicyclic) bond motifs is 2. The van der Waals surface area contributed by atoms with Gasteiger partial charge in [0, 0.05) is 43.3 Å². The molecule has 1 aromatic heterocycles. The first kappa shape index (κ1) is 34.1. The number of carbonyl (C=O) groups excluding carboxylic acids is 4. The third-order valence-electron chi connectivity index (χ3n) is 9.73. The van der Waals surface area contributed by atoms with Crippen LogP contribution in [0, 0.1) is 0 Å². The van der Waals surface area contributed by atoms with E-state index in [0.29, 0.717) is 43.6 Å². The number of alkyl halides is 2. The van der Waals surface area contributed by atoms with Gasteiger partial charge in [-0.25, -0.2) is 0 Å². The minimum absolute atomic E-state index is 0.0712. The number of thiophene rings is 1. The second-order valence-electron chi connectivity index (χ2n) is 12.9. The van der Waals surface area contributed by atoms with Crippen molar-refractivity contribution in [2.45, 2.75) is 75.2 Å². The van der Waals surface area contributed by atoms with Gasteiger partial charge in [-0.3, -0.25) is 19.2 Å². The lowest BCUT2D eigenvalue weighted by Crippen LogP contribution is -2.61. The Balaban J connectivity index is 1.26. The molecule has 10 nitrogen and oxygen atoms in total. The largest absolute Gasteiger partial charge is 0.589 e. The molecule has 3 aliphatic rings. The average Bonchev–Trinajstić information content (AvgIpc) is 3.85. The highest BCUT2D eigenvalue weighted by atomic mass is 32.1. The highest BCUT2D eigenvalue weighted by Crippen LogP contribution is 2.48. The van der Waals surface area contributed by atoms with Gasteiger partial charge >= 0.3 is 13.7 Å². The van der Waals surface area contributed by atoms with E-state index in [1.165, 1.54) is 12.1 Å². The lowest BCUT2D eigenvalue weighted by molar-refractivity contribution is -0.148. The van der Waals surface area contributed by atoms with Gasteiger partial charge < -0.3 is 20.0 Å². The summed E-state index contributed by atoms with van der Waals surface area (Å²) >= 11 is 1.03. The fourth-order valence-electron chi connectivity index (χ4n) is 7.07. The number of amides is 4. The van der Waals surface area contributed by atoms with Crippen molar-refractivity contribution < 1.29 is 37.4 Å². The monoisotopic (exact) mass is 699 g/mol. The standard InChI is InChI=1S/C34H37F2N4O6PS/c1-21(22-7-3-2-4-8-22)17-30(41)39-16-13-25-10-11-27(33(44)38-14-5-6-15-38)40(25)32(43)26(20-39)37-31(42)29-19-23-18-24(9-12-28(23)48-29)34(35,36)47(45)46/h2-4,7-9,12,18-19,21,25-27H,5-6,10-11,13-17,20H2,1H3,(H-,37,42,45,46)/p+1/t21-,25-,26+,27+/m1/s1. The summed E-state index contributed by atoms with van der Waals surface area (Å²) in [6.07, 6.45) is 3.69. The molecule has 0 aliphatic carbocycles. The molecule has 14 heteroatoms. The van der Waals surface area contributed by atoms with Gasteiger partial charge in [-0.2, -0.15) is 4.89 Å². The number of nitrogens with zero attached hydrogens (tertiary/aromatic N) is 3. The number of rotatable bonds is 8. The van der Waals surface area contributed by atoms with E-state index in [1.54, 1.807) is 14.7 Å². The zero-order chi connectivity index (χ0) is 34.2. The molecular formula is C34H38F2N4O6PS+. The molecule has 5 atom stereocenters. The van der Waals surface area contributed by atoms with Crippen LogP contribution in [0.3, 0.4) is 0 Å². The molecule has 3 fully saturated rings. The van der Waals surface area contributed by atoms with Crippen LogP contribution in [0.15, 0.2) is 54.6 Å². The van der Waals surface area contributed by atoms with Crippen molar-refractivity contribution in [3.63, 3.8) is 0 Å². The van der Waals surface area contributed by atoms with E-state index in [2.05, 4.69) is 5.32 Å². The van der Waals surface area contributed by atoms with E-state index in [4.69, 9.17) is 4.89 Å². The molecule has 0 radical (unpaired) electrons. The molecule has 4 heterocycles. The number of nitrogens with one attached hydrogen (secondary N) is 1. The summed E-state index contributed by atoms with van der Waals surface area (Å²) in [4.78, 5) is 69.6. The molecule has 0 bridgehead atoms. The fourth-order valence-corrected chi connectivity index (χ4v) is 8.38. The number of likely N-dealkylation sites (tertiary alicyclic amines) is 1. The molecule has 3 saturated heterocycles. The van der Waals surface area contributed by atoms with Crippen LogP contribution in [0.5, 0.6) is 0 Å². The Hall–Kier alpha value is -3.80. The molecule has 254 valence electrons. The molecule has 3 aliphatic heterocycles. The van der Waals surface area contributed by atoms with E-state index in [0.717, 1.165) is 41.9 Å². The fraction of sp³-hybridized carbons (Fsp3) is 0.471. The van der Waals surface area contributed by atoms with Crippen molar-refractivity contribution >= 4 is 53.1 Å². The molecule has 0 saturated carbocycles. The number of carbonyl (C=O) groups is 4. The zero-order valence-electron chi connectivity index (χ0n) is 26.5. The minimum atomic E-state index is -3.96. The Labute approximate surface area is 281 Å². The summed E-state index contributed by atoms with van der Waals surface area (Å²) in [6, 6.07) is 12.5. The number of hydrogen-bond donors (Lipinski definition) is 2. The maximum atomic E-state index is 14.4. The second kappa shape index (κ2) is 14.0. The van der Waals surface area contributed by atoms with Crippen LogP contribution in [-0.2, 0) is 24.6 Å². The van der Waals surface area contributed by atoms with Gasteiger partial charge in [-0.15, -0.1) is 20.1 Å². The Morgan fingerprint density at radius 2 is 1.75 bits per heavy atom. The van der Waals surface area contributed by atoms with Crippen LogP contribution in [0.4, 0.5) is 8.78 Å². The molecule has 0 spiro atoms. The van der Waals surface area contributed by atoms with Crippen LogP contribution in [0.1, 0.15) is 72.2 Å².